The van der Waals surface area contributed by atoms with Gasteiger partial charge in [0.2, 0.25) is 0 Å². The van der Waals surface area contributed by atoms with E-state index in [1.807, 2.05) is 50.2 Å². The van der Waals surface area contributed by atoms with Crippen LogP contribution in [0.1, 0.15) is 42.1 Å². The number of hydrogen-bond donors (Lipinski definition) is 1. The van der Waals surface area contributed by atoms with Gasteiger partial charge in [0, 0.05) is 5.56 Å². The van der Waals surface area contributed by atoms with Crippen LogP contribution in [0.25, 0.3) is 16.0 Å². The molecule has 1 fully saturated rings. The predicted octanol–water partition coefficient (Wildman–Crippen LogP) is 6.19. The van der Waals surface area contributed by atoms with E-state index < -0.39 is 17.7 Å². The quantitative estimate of drug-likeness (QED) is 0.195. The van der Waals surface area contributed by atoms with Gasteiger partial charge in [0.1, 0.15) is 11.5 Å². The molecule has 1 saturated heterocycles. The molecule has 1 atom stereocenters. The zero-order valence-electron chi connectivity index (χ0n) is 20.3. The maximum absolute atomic E-state index is 13.4. The minimum absolute atomic E-state index is 0.0431. The van der Waals surface area contributed by atoms with Crippen LogP contribution in [0.4, 0.5) is 5.13 Å². The van der Waals surface area contributed by atoms with E-state index >= 15 is 0 Å². The van der Waals surface area contributed by atoms with Crippen molar-refractivity contribution >= 4 is 44.1 Å². The zero-order chi connectivity index (χ0) is 25.4. The zero-order valence-corrected chi connectivity index (χ0v) is 21.1. The highest BCUT2D eigenvalue weighted by Crippen LogP contribution is 2.44. The lowest BCUT2D eigenvalue weighted by Crippen LogP contribution is -2.29. The molecule has 36 heavy (non-hydrogen) atoms. The number of benzene rings is 3. The van der Waals surface area contributed by atoms with Gasteiger partial charge in [0.15, 0.2) is 5.13 Å². The number of ether oxygens (including phenoxy) is 1. The number of amides is 1. The summed E-state index contributed by atoms with van der Waals surface area (Å²) < 4.78 is 6.44. The van der Waals surface area contributed by atoms with Crippen molar-refractivity contribution in [3.8, 4) is 5.75 Å². The number of aliphatic hydroxyl groups is 1. The summed E-state index contributed by atoms with van der Waals surface area (Å²) >= 11 is 1.37. The Morgan fingerprint density at radius 2 is 1.75 bits per heavy atom. The highest BCUT2D eigenvalue weighted by molar-refractivity contribution is 7.22. The summed E-state index contributed by atoms with van der Waals surface area (Å²) in [5, 5.41) is 11.7. The number of hydrogen-bond acceptors (Lipinski definition) is 6. The second-order valence-electron chi connectivity index (χ2n) is 8.69. The molecule has 0 aliphatic carbocycles. The van der Waals surface area contributed by atoms with Crippen LogP contribution in [0, 0.1) is 6.92 Å². The lowest BCUT2D eigenvalue weighted by Gasteiger charge is -2.23. The standard InChI is InChI=1S/C29H26N2O4S/c1-4-18-8-15-22-23(16-18)36-29(30-22)31-25(19-9-6-17(3)7-10-19)24(27(33)28(31)34)26(32)20-11-13-21(14-12-20)35-5-2/h6-16,25,32H,4-5H2,1-3H3/b26-24+. The molecule has 0 bridgehead atoms. The van der Waals surface area contributed by atoms with Crippen molar-refractivity contribution in [3.63, 3.8) is 0 Å². The average Bonchev–Trinajstić information content (AvgIpc) is 3.42. The monoisotopic (exact) mass is 498 g/mol. The number of aromatic nitrogens is 1. The maximum Gasteiger partial charge on any atom is 0.301 e. The second kappa shape index (κ2) is 9.59. The highest BCUT2D eigenvalue weighted by Gasteiger charge is 2.48. The predicted molar refractivity (Wildman–Crippen MR) is 143 cm³/mol. The van der Waals surface area contributed by atoms with Gasteiger partial charge in [-0.3, -0.25) is 14.5 Å². The Hall–Kier alpha value is -3.97. The van der Waals surface area contributed by atoms with Crippen LogP contribution in [0.15, 0.2) is 72.3 Å². The maximum atomic E-state index is 13.4. The number of aryl methyl sites for hydroxylation is 2. The third-order valence-electron chi connectivity index (χ3n) is 6.33. The van der Waals surface area contributed by atoms with E-state index in [0.29, 0.717) is 23.1 Å². The third kappa shape index (κ3) is 4.16. The molecule has 2 heterocycles. The normalized spacial score (nSPS) is 17.2. The van der Waals surface area contributed by atoms with Gasteiger partial charge in [0.25, 0.3) is 5.78 Å². The van der Waals surface area contributed by atoms with E-state index in [1.165, 1.54) is 21.8 Å². The first-order chi connectivity index (χ1) is 17.4. The number of Topliss-reactive ketones (excluding diaryl/α,β-unsaturated/α-hetero) is 1. The van der Waals surface area contributed by atoms with Crippen LogP contribution in [-0.4, -0.2) is 28.4 Å². The molecule has 1 aliphatic rings. The number of nitrogens with zero attached hydrogens (tertiary/aromatic N) is 2. The number of rotatable bonds is 6. The molecule has 1 aromatic heterocycles. The van der Waals surface area contributed by atoms with Crippen LogP contribution >= 0.6 is 11.3 Å². The Bertz CT molecular complexity index is 1490. The molecule has 1 N–H and O–H groups in total. The average molecular weight is 499 g/mol. The van der Waals surface area contributed by atoms with Crippen molar-refractivity contribution in [1.29, 1.82) is 0 Å². The lowest BCUT2D eigenvalue weighted by molar-refractivity contribution is -0.132. The van der Waals surface area contributed by atoms with Gasteiger partial charge in [-0.15, -0.1) is 0 Å². The van der Waals surface area contributed by atoms with Gasteiger partial charge >= 0.3 is 5.91 Å². The molecule has 3 aromatic carbocycles. The van der Waals surface area contributed by atoms with Gasteiger partial charge < -0.3 is 9.84 Å². The van der Waals surface area contributed by atoms with Crippen LogP contribution < -0.4 is 9.64 Å². The van der Waals surface area contributed by atoms with Crippen molar-refractivity contribution < 1.29 is 19.4 Å². The summed E-state index contributed by atoms with van der Waals surface area (Å²) in [6, 6.07) is 19.7. The molecular formula is C29H26N2O4S. The van der Waals surface area contributed by atoms with E-state index in [9.17, 15) is 14.7 Å². The Balaban J connectivity index is 1.67. The van der Waals surface area contributed by atoms with Crippen molar-refractivity contribution in [2.24, 2.45) is 0 Å². The van der Waals surface area contributed by atoms with Gasteiger partial charge in [-0.2, -0.15) is 0 Å². The summed E-state index contributed by atoms with van der Waals surface area (Å²) in [5.74, 6) is -1.01. The summed E-state index contributed by atoms with van der Waals surface area (Å²) in [5.41, 5.74) is 4.19. The smallest absolute Gasteiger partial charge is 0.301 e. The van der Waals surface area contributed by atoms with E-state index in [2.05, 4.69) is 13.0 Å². The molecule has 7 heteroatoms. The highest BCUT2D eigenvalue weighted by atomic mass is 32.1. The Morgan fingerprint density at radius 3 is 2.42 bits per heavy atom. The number of carbonyl (C=O) groups is 2. The first-order valence-electron chi connectivity index (χ1n) is 11.9. The van der Waals surface area contributed by atoms with Crippen LogP contribution in [0.3, 0.4) is 0 Å². The van der Waals surface area contributed by atoms with Gasteiger partial charge in [0.05, 0.1) is 28.4 Å². The van der Waals surface area contributed by atoms with Crippen LogP contribution in [0.2, 0.25) is 0 Å². The number of carbonyl (C=O) groups excluding carboxylic acids is 2. The van der Waals surface area contributed by atoms with E-state index in [4.69, 9.17) is 9.72 Å². The van der Waals surface area contributed by atoms with E-state index in [0.717, 1.165) is 27.8 Å². The molecule has 5 rings (SSSR count). The number of anilines is 1. The van der Waals surface area contributed by atoms with Gasteiger partial charge in [-0.25, -0.2) is 4.98 Å². The van der Waals surface area contributed by atoms with Gasteiger partial charge in [-0.1, -0.05) is 54.2 Å². The summed E-state index contributed by atoms with van der Waals surface area (Å²) in [6.07, 6.45) is 0.888. The summed E-state index contributed by atoms with van der Waals surface area (Å²) in [6.45, 7) is 6.47. The SMILES string of the molecule is CCOc1ccc(/C(O)=C2\C(=O)C(=O)N(c3nc4ccc(CC)cc4s3)C2c2ccc(C)cc2)cc1. The van der Waals surface area contributed by atoms with Crippen molar-refractivity contribution in [3.05, 3.63) is 94.6 Å². The third-order valence-corrected chi connectivity index (χ3v) is 7.35. The van der Waals surface area contributed by atoms with Crippen molar-refractivity contribution in [1.82, 2.24) is 4.98 Å². The van der Waals surface area contributed by atoms with Crippen LogP contribution in [-0.2, 0) is 16.0 Å². The lowest BCUT2D eigenvalue weighted by atomic mass is 9.95. The van der Waals surface area contributed by atoms with Crippen LogP contribution in [0.5, 0.6) is 5.75 Å². The molecule has 0 spiro atoms. The Morgan fingerprint density at radius 1 is 1.03 bits per heavy atom. The number of thiazole rings is 1. The number of ketones is 1. The summed E-state index contributed by atoms with van der Waals surface area (Å²) in [7, 11) is 0. The number of aliphatic hydroxyl groups excluding tert-OH is 1. The fourth-order valence-electron chi connectivity index (χ4n) is 4.40. The topological polar surface area (TPSA) is 79.7 Å². The van der Waals surface area contributed by atoms with E-state index in [1.54, 1.807) is 24.3 Å². The molecule has 1 unspecified atom stereocenters. The number of fused-ring (bicyclic) bond motifs is 1. The van der Waals surface area contributed by atoms with Crippen molar-refractivity contribution in [2.75, 3.05) is 11.5 Å². The molecule has 1 amide bonds. The fraction of sp³-hybridized carbons (Fsp3) is 0.207. The molecule has 1 aliphatic heterocycles. The fourth-order valence-corrected chi connectivity index (χ4v) is 5.46. The largest absolute Gasteiger partial charge is 0.507 e. The Kier molecular flexibility index (Phi) is 6.33. The van der Waals surface area contributed by atoms with E-state index in [-0.39, 0.29) is 11.3 Å². The molecule has 0 saturated carbocycles. The van der Waals surface area contributed by atoms with Crippen molar-refractivity contribution in [2.45, 2.75) is 33.2 Å². The minimum Gasteiger partial charge on any atom is -0.507 e. The first kappa shape index (κ1) is 23.8. The molecule has 4 aromatic rings. The Labute approximate surface area is 213 Å². The minimum atomic E-state index is -0.802. The molecule has 182 valence electrons. The molecule has 6 nitrogen and oxygen atoms in total. The second-order valence-corrected chi connectivity index (χ2v) is 9.70. The summed E-state index contributed by atoms with van der Waals surface area (Å²) in [4.78, 5) is 32.9. The first-order valence-corrected chi connectivity index (χ1v) is 12.7. The molecule has 0 radical (unpaired) electrons. The van der Waals surface area contributed by atoms with Gasteiger partial charge in [-0.05, 0) is 67.8 Å². The molecular weight excluding hydrogens is 472 g/mol.